The minimum atomic E-state index is -3.32. The lowest BCUT2D eigenvalue weighted by Gasteiger charge is -1.99. The van der Waals surface area contributed by atoms with E-state index in [1.165, 1.54) is 12.5 Å². The normalized spacial score (nSPS) is 11.8. The Balaban J connectivity index is 2.47. The average molecular weight is 210 g/mol. The minimum absolute atomic E-state index is 0.214. The molecule has 0 saturated carbocycles. The van der Waals surface area contributed by atoms with Crippen LogP contribution in [0, 0.1) is 0 Å². The van der Waals surface area contributed by atoms with Crippen LogP contribution in [0.1, 0.15) is 5.56 Å². The van der Waals surface area contributed by atoms with Crippen LogP contribution in [-0.4, -0.2) is 13.6 Å². The molecule has 0 saturated heterocycles. The topological polar surface area (TPSA) is 59.3 Å². The standard InChI is InChI=1S/C6H8ClNO3S/c7-5-12(9,10)8-3-6-1-2-11-4-6/h1-2,4,8H,3,5H2. The number of sulfonamides is 1. The number of hydrogen-bond donors (Lipinski definition) is 1. The maximum atomic E-state index is 10.8. The number of rotatable bonds is 4. The molecule has 1 aromatic heterocycles. The summed E-state index contributed by atoms with van der Waals surface area (Å²) in [6.45, 7) is 0.214. The molecule has 0 atom stereocenters. The first kappa shape index (κ1) is 9.57. The third-order valence-corrected chi connectivity index (χ3v) is 2.95. The van der Waals surface area contributed by atoms with E-state index < -0.39 is 15.2 Å². The van der Waals surface area contributed by atoms with Crippen molar-refractivity contribution in [3.8, 4) is 0 Å². The zero-order valence-electron chi connectivity index (χ0n) is 6.16. The van der Waals surface area contributed by atoms with Gasteiger partial charge in [-0.1, -0.05) is 0 Å². The van der Waals surface area contributed by atoms with E-state index in [-0.39, 0.29) is 6.54 Å². The monoisotopic (exact) mass is 209 g/mol. The summed E-state index contributed by atoms with van der Waals surface area (Å²) in [4.78, 5) is 0. The first-order valence-electron chi connectivity index (χ1n) is 3.18. The van der Waals surface area contributed by atoms with Crippen LogP contribution in [0.2, 0.25) is 0 Å². The summed E-state index contributed by atoms with van der Waals surface area (Å²) in [6.07, 6.45) is 2.95. The fraction of sp³-hybridized carbons (Fsp3) is 0.333. The summed E-state index contributed by atoms with van der Waals surface area (Å²) < 4.78 is 28.7. The smallest absolute Gasteiger partial charge is 0.225 e. The molecule has 0 aliphatic carbocycles. The molecule has 0 aromatic carbocycles. The van der Waals surface area contributed by atoms with Crippen LogP contribution in [0.3, 0.4) is 0 Å². The van der Waals surface area contributed by atoms with E-state index in [0.717, 1.165) is 5.56 Å². The quantitative estimate of drug-likeness (QED) is 0.750. The first-order valence-corrected chi connectivity index (χ1v) is 5.37. The minimum Gasteiger partial charge on any atom is -0.472 e. The summed E-state index contributed by atoms with van der Waals surface area (Å²) in [5, 5.41) is -0.426. The van der Waals surface area contributed by atoms with Crippen molar-refractivity contribution in [2.75, 3.05) is 5.21 Å². The highest BCUT2D eigenvalue weighted by Gasteiger charge is 2.06. The van der Waals surface area contributed by atoms with Crippen LogP contribution in [-0.2, 0) is 16.6 Å². The molecule has 0 spiro atoms. The molecule has 0 bridgehead atoms. The molecular weight excluding hydrogens is 202 g/mol. The first-order chi connectivity index (χ1) is 5.64. The highest BCUT2D eigenvalue weighted by Crippen LogP contribution is 2.00. The van der Waals surface area contributed by atoms with E-state index >= 15 is 0 Å². The molecule has 4 nitrogen and oxygen atoms in total. The van der Waals surface area contributed by atoms with Crippen molar-refractivity contribution in [1.29, 1.82) is 0 Å². The highest BCUT2D eigenvalue weighted by atomic mass is 35.5. The fourth-order valence-corrected chi connectivity index (χ4v) is 1.32. The van der Waals surface area contributed by atoms with Crippen LogP contribution >= 0.6 is 11.6 Å². The van der Waals surface area contributed by atoms with Gasteiger partial charge in [-0.2, -0.15) is 0 Å². The summed E-state index contributed by atoms with van der Waals surface area (Å²) in [5.41, 5.74) is 0.767. The second kappa shape index (κ2) is 3.93. The Morgan fingerprint density at radius 2 is 2.33 bits per heavy atom. The second-order valence-electron chi connectivity index (χ2n) is 2.18. The third kappa shape index (κ3) is 2.84. The van der Waals surface area contributed by atoms with Gasteiger partial charge < -0.3 is 4.42 Å². The molecule has 0 radical (unpaired) electrons. The van der Waals surface area contributed by atoms with Crippen LogP contribution in [0.5, 0.6) is 0 Å². The molecular formula is C6H8ClNO3S. The maximum Gasteiger partial charge on any atom is 0.225 e. The number of furan rings is 1. The molecule has 1 N–H and O–H groups in total. The SMILES string of the molecule is O=S(=O)(CCl)NCc1ccoc1. The van der Waals surface area contributed by atoms with Gasteiger partial charge in [0, 0.05) is 12.1 Å². The van der Waals surface area contributed by atoms with E-state index in [9.17, 15) is 8.42 Å². The van der Waals surface area contributed by atoms with E-state index in [4.69, 9.17) is 16.0 Å². The van der Waals surface area contributed by atoms with Crippen LogP contribution in [0.4, 0.5) is 0 Å². The number of hydrogen-bond acceptors (Lipinski definition) is 3. The van der Waals surface area contributed by atoms with E-state index in [2.05, 4.69) is 4.72 Å². The van der Waals surface area contributed by atoms with Gasteiger partial charge >= 0.3 is 0 Å². The summed E-state index contributed by atoms with van der Waals surface area (Å²) in [6, 6.07) is 1.68. The van der Waals surface area contributed by atoms with Gasteiger partial charge in [-0.3, -0.25) is 0 Å². The van der Waals surface area contributed by atoms with Gasteiger partial charge in [0.05, 0.1) is 12.5 Å². The van der Waals surface area contributed by atoms with Crippen LogP contribution < -0.4 is 4.72 Å². The zero-order chi connectivity index (χ0) is 9.03. The summed E-state index contributed by atoms with van der Waals surface area (Å²) in [5.74, 6) is 0. The predicted molar refractivity (Wildman–Crippen MR) is 45.2 cm³/mol. The van der Waals surface area contributed by atoms with Crippen molar-refractivity contribution in [2.24, 2.45) is 0 Å². The van der Waals surface area contributed by atoms with E-state index in [0.29, 0.717) is 0 Å². The predicted octanol–water partition coefficient (Wildman–Crippen LogP) is 0.895. The van der Waals surface area contributed by atoms with Gasteiger partial charge in [-0.05, 0) is 6.07 Å². The molecule has 1 aromatic rings. The molecule has 6 heteroatoms. The maximum absolute atomic E-state index is 10.8. The van der Waals surface area contributed by atoms with Crippen molar-refractivity contribution in [2.45, 2.75) is 6.54 Å². The zero-order valence-corrected chi connectivity index (χ0v) is 7.73. The van der Waals surface area contributed by atoms with Crippen molar-refractivity contribution in [3.63, 3.8) is 0 Å². The van der Waals surface area contributed by atoms with Gasteiger partial charge in [0.15, 0.2) is 0 Å². The number of nitrogens with one attached hydrogen (secondary N) is 1. The molecule has 0 aliphatic rings. The van der Waals surface area contributed by atoms with Gasteiger partial charge in [-0.25, -0.2) is 13.1 Å². The van der Waals surface area contributed by atoms with Crippen molar-refractivity contribution < 1.29 is 12.8 Å². The number of halogens is 1. The Kier molecular flexibility index (Phi) is 3.13. The Morgan fingerprint density at radius 3 is 2.83 bits per heavy atom. The fourth-order valence-electron chi connectivity index (χ4n) is 0.625. The highest BCUT2D eigenvalue weighted by molar-refractivity contribution is 7.90. The van der Waals surface area contributed by atoms with Crippen LogP contribution in [0.15, 0.2) is 23.0 Å². The molecule has 0 unspecified atom stereocenters. The van der Waals surface area contributed by atoms with Crippen molar-refractivity contribution in [3.05, 3.63) is 24.2 Å². The third-order valence-electron chi connectivity index (χ3n) is 1.22. The lowest BCUT2D eigenvalue weighted by Crippen LogP contribution is -2.23. The molecule has 1 heterocycles. The summed E-state index contributed by atoms with van der Waals surface area (Å²) >= 11 is 5.16. The van der Waals surface area contributed by atoms with Crippen molar-refractivity contribution in [1.82, 2.24) is 4.72 Å². The number of alkyl halides is 1. The lowest BCUT2D eigenvalue weighted by atomic mass is 10.4. The molecule has 12 heavy (non-hydrogen) atoms. The van der Waals surface area contributed by atoms with Gasteiger partial charge in [0.2, 0.25) is 10.0 Å². The Hall–Kier alpha value is -0.520. The van der Waals surface area contributed by atoms with Gasteiger partial charge in [-0.15, -0.1) is 11.6 Å². The molecule has 68 valence electrons. The lowest BCUT2D eigenvalue weighted by molar-refractivity contribution is 0.561. The van der Waals surface area contributed by atoms with Gasteiger partial charge in [0.25, 0.3) is 0 Å². The Bertz CT molecular complexity index is 319. The Morgan fingerprint density at radius 1 is 1.58 bits per heavy atom. The Labute approximate surface area is 75.6 Å². The molecule has 1 rings (SSSR count). The van der Waals surface area contributed by atoms with Crippen molar-refractivity contribution >= 4 is 21.6 Å². The molecule has 0 amide bonds. The average Bonchev–Trinajstić information content (AvgIpc) is 2.53. The van der Waals surface area contributed by atoms with E-state index in [1.54, 1.807) is 6.07 Å². The molecule has 0 fully saturated rings. The largest absolute Gasteiger partial charge is 0.472 e. The second-order valence-corrected chi connectivity index (χ2v) is 4.57. The van der Waals surface area contributed by atoms with Crippen LogP contribution in [0.25, 0.3) is 0 Å². The van der Waals surface area contributed by atoms with Gasteiger partial charge in [0.1, 0.15) is 5.21 Å². The molecule has 0 aliphatic heterocycles. The summed E-state index contributed by atoms with van der Waals surface area (Å²) in [7, 11) is -3.32. The van der Waals surface area contributed by atoms with E-state index in [1.807, 2.05) is 0 Å².